The van der Waals surface area contributed by atoms with Crippen LogP contribution < -0.4 is 11.1 Å². The molecule has 0 aliphatic heterocycles. The van der Waals surface area contributed by atoms with E-state index in [0.29, 0.717) is 38.9 Å². The van der Waals surface area contributed by atoms with E-state index in [-0.39, 0.29) is 16.8 Å². The van der Waals surface area contributed by atoms with Crippen LogP contribution in [0, 0.1) is 5.41 Å². The zero-order valence-corrected chi connectivity index (χ0v) is 13.8. The van der Waals surface area contributed by atoms with Crippen LogP contribution in [0.5, 0.6) is 0 Å². The molecule has 0 aromatic rings. The van der Waals surface area contributed by atoms with E-state index in [1.165, 1.54) is 0 Å². The van der Waals surface area contributed by atoms with Crippen molar-refractivity contribution in [3.8, 4) is 0 Å². The highest BCUT2D eigenvalue weighted by molar-refractivity contribution is 7.80. The van der Waals surface area contributed by atoms with Crippen molar-refractivity contribution in [1.29, 1.82) is 0 Å². The maximum Gasteiger partial charge on any atom is 0.233 e. The molecule has 0 aromatic carbocycles. The lowest BCUT2D eigenvalue weighted by atomic mass is 9.81. The largest absolute Gasteiger partial charge is 0.392 e. The third-order valence-electron chi connectivity index (χ3n) is 3.85. The quantitative estimate of drug-likeness (QED) is 0.632. The highest BCUT2D eigenvalue weighted by atomic mass is 32.1. The normalized spacial score (nSPS) is 11.0. The fraction of sp³-hybridized carbons (Fsp3) is 0.786. The number of thiocarbonyl (C=S) groups is 1. The average molecular weight is 301 g/mol. The number of nitrogens with zero attached hydrogens (tertiary/aromatic N) is 1. The van der Waals surface area contributed by atoms with Crippen molar-refractivity contribution in [2.45, 2.75) is 47.0 Å². The zero-order valence-electron chi connectivity index (χ0n) is 13.0. The summed E-state index contributed by atoms with van der Waals surface area (Å²) >= 11 is 5.03. The molecule has 6 heteroatoms. The van der Waals surface area contributed by atoms with Crippen molar-refractivity contribution in [3.63, 3.8) is 0 Å². The van der Waals surface area contributed by atoms with Crippen LogP contribution in [0.25, 0.3) is 0 Å². The van der Waals surface area contributed by atoms with Crippen molar-refractivity contribution in [2.24, 2.45) is 11.1 Å². The van der Waals surface area contributed by atoms with Gasteiger partial charge >= 0.3 is 0 Å². The van der Waals surface area contributed by atoms with Gasteiger partial charge in [0, 0.05) is 26.1 Å². The van der Waals surface area contributed by atoms with Gasteiger partial charge < -0.3 is 16.0 Å². The summed E-state index contributed by atoms with van der Waals surface area (Å²) in [5.74, 6) is -0.133. The first-order valence-corrected chi connectivity index (χ1v) is 7.66. The Morgan fingerprint density at radius 2 is 1.65 bits per heavy atom. The molecule has 0 atom stereocenters. The Hall–Kier alpha value is -1.17. The van der Waals surface area contributed by atoms with Crippen LogP contribution in [0.3, 0.4) is 0 Å². The van der Waals surface area contributed by atoms with Gasteiger partial charge in [-0.15, -0.1) is 0 Å². The second-order valence-electron chi connectivity index (χ2n) is 4.73. The van der Waals surface area contributed by atoms with E-state index in [0.717, 1.165) is 0 Å². The standard InChI is InChI=1S/C14H27N3O2S/c1-5-14(6-2,12(15)20)13(19)16-10-9-11(18)17(7-3)8-4/h5-10H2,1-4H3,(H2,15,20)(H,16,19). The minimum atomic E-state index is -0.798. The lowest BCUT2D eigenvalue weighted by molar-refractivity contribution is -0.131. The predicted octanol–water partition coefficient (Wildman–Crippen LogP) is 1.45. The molecule has 0 aliphatic carbocycles. The molecule has 0 radical (unpaired) electrons. The Morgan fingerprint density at radius 3 is 2.00 bits per heavy atom. The fourth-order valence-corrected chi connectivity index (χ4v) is 2.60. The van der Waals surface area contributed by atoms with Crippen LogP contribution in [0.1, 0.15) is 47.0 Å². The van der Waals surface area contributed by atoms with Crippen molar-refractivity contribution in [2.75, 3.05) is 19.6 Å². The molecule has 0 saturated carbocycles. The lowest BCUT2D eigenvalue weighted by Gasteiger charge is -2.29. The molecule has 5 nitrogen and oxygen atoms in total. The molecule has 0 unspecified atom stereocenters. The van der Waals surface area contributed by atoms with E-state index in [9.17, 15) is 9.59 Å². The summed E-state index contributed by atoms with van der Waals surface area (Å²) in [5, 5.41) is 2.79. The van der Waals surface area contributed by atoms with Crippen LogP contribution in [-0.4, -0.2) is 41.3 Å². The van der Waals surface area contributed by atoms with Gasteiger partial charge in [0.2, 0.25) is 11.8 Å². The summed E-state index contributed by atoms with van der Waals surface area (Å²) in [6, 6.07) is 0. The van der Waals surface area contributed by atoms with E-state index >= 15 is 0 Å². The highest BCUT2D eigenvalue weighted by Gasteiger charge is 2.37. The number of amides is 2. The van der Waals surface area contributed by atoms with Gasteiger partial charge in [0.1, 0.15) is 0 Å². The van der Waals surface area contributed by atoms with Crippen molar-refractivity contribution in [3.05, 3.63) is 0 Å². The molecular formula is C14H27N3O2S. The SMILES string of the molecule is CCN(CC)C(=O)CCNC(=O)C(CC)(CC)C(N)=S. The monoisotopic (exact) mass is 301 g/mol. The Bertz CT molecular complexity index is 350. The van der Waals surface area contributed by atoms with Crippen LogP contribution in [0.15, 0.2) is 0 Å². The topological polar surface area (TPSA) is 75.4 Å². The van der Waals surface area contributed by atoms with Gasteiger partial charge in [-0.3, -0.25) is 9.59 Å². The van der Waals surface area contributed by atoms with E-state index in [1.54, 1.807) is 4.90 Å². The average Bonchev–Trinajstić information content (AvgIpc) is 2.41. The summed E-state index contributed by atoms with van der Waals surface area (Å²) in [6.07, 6.45) is 1.43. The van der Waals surface area contributed by atoms with Crippen molar-refractivity contribution in [1.82, 2.24) is 10.2 Å². The van der Waals surface area contributed by atoms with Gasteiger partial charge in [-0.1, -0.05) is 26.1 Å². The Labute approximate surface area is 127 Å². The molecule has 0 bridgehead atoms. The summed E-state index contributed by atoms with van der Waals surface area (Å²) in [4.78, 5) is 26.0. The van der Waals surface area contributed by atoms with E-state index in [1.807, 2.05) is 27.7 Å². The predicted molar refractivity (Wildman–Crippen MR) is 85.4 cm³/mol. The van der Waals surface area contributed by atoms with Crippen LogP contribution in [0.4, 0.5) is 0 Å². The van der Waals surface area contributed by atoms with Gasteiger partial charge in [-0.05, 0) is 26.7 Å². The van der Waals surface area contributed by atoms with E-state index in [2.05, 4.69) is 5.32 Å². The molecule has 3 N–H and O–H groups in total. The van der Waals surface area contributed by atoms with Gasteiger partial charge in [-0.2, -0.15) is 0 Å². The van der Waals surface area contributed by atoms with Gasteiger partial charge in [-0.25, -0.2) is 0 Å². The number of hydrogen-bond acceptors (Lipinski definition) is 3. The molecular weight excluding hydrogens is 274 g/mol. The molecule has 20 heavy (non-hydrogen) atoms. The first kappa shape index (κ1) is 18.8. The number of nitrogens with one attached hydrogen (secondary N) is 1. The molecule has 0 heterocycles. The molecule has 2 amide bonds. The van der Waals surface area contributed by atoms with E-state index in [4.69, 9.17) is 18.0 Å². The van der Waals surface area contributed by atoms with Crippen molar-refractivity contribution < 1.29 is 9.59 Å². The number of carbonyl (C=O) groups excluding carboxylic acids is 2. The number of carbonyl (C=O) groups is 2. The third kappa shape index (κ3) is 4.44. The first-order chi connectivity index (χ1) is 9.39. The first-order valence-electron chi connectivity index (χ1n) is 7.25. The zero-order chi connectivity index (χ0) is 15.8. The van der Waals surface area contributed by atoms with E-state index < -0.39 is 5.41 Å². The van der Waals surface area contributed by atoms with Crippen LogP contribution in [0.2, 0.25) is 0 Å². The highest BCUT2D eigenvalue weighted by Crippen LogP contribution is 2.27. The Balaban J connectivity index is 4.48. The van der Waals surface area contributed by atoms with Gasteiger partial charge in [0.25, 0.3) is 0 Å². The second-order valence-corrected chi connectivity index (χ2v) is 5.17. The van der Waals surface area contributed by atoms with Gasteiger partial charge in [0.15, 0.2) is 0 Å². The molecule has 0 fully saturated rings. The Morgan fingerprint density at radius 1 is 1.15 bits per heavy atom. The molecule has 0 aromatic heterocycles. The fourth-order valence-electron chi connectivity index (χ4n) is 2.22. The molecule has 0 saturated heterocycles. The minimum Gasteiger partial charge on any atom is -0.392 e. The number of hydrogen-bond donors (Lipinski definition) is 2. The molecule has 0 aliphatic rings. The third-order valence-corrected chi connectivity index (χ3v) is 4.24. The van der Waals surface area contributed by atoms with Crippen molar-refractivity contribution >= 4 is 29.0 Å². The van der Waals surface area contributed by atoms with Gasteiger partial charge in [0.05, 0.1) is 10.4 Å². The minimum absolute atomic E-state index is 0.0456. The summed E-state index contributed by atoms with van der Waals surface area (Å²) in [5.41, 5.74) is 4.91. The maximum atomic E-state index is 12.3. The molecule has 0 spiro atoms. The lowest BCUT2D eigenvalue weighted by Crippen LogP contribution is -2.49. The number of rotatable bonds is 9. The van der Waals surface area contributed by atoms with Crippen LogP contribution >= 0.6 is 12.2 Å². The smallest absolute Gasteiger partial charge is 0.233 e. The second kappa shape index (κ2) is 8.89. The Kier molecular flexibility index (Phi) is 8.37. The molecule has 116 valence electrons. The summed E-state index contributed by atoms with van der Waals surface area (Å²) in [6.45, 7) is 9.34. The maximum absolute atomic E-state index is 12.3. The molecule has 0 rings (SSSR count). The summed E-state index contributed by atoms with van der Waals surface area (Å²) in [7, 11) is 0. The summed E-state index contributed by atoms with van der Waals surface area (Å²) < 4.78 is 0. The van der Waals surface area contributed by atoms with Crippen LogP contribution in [-0.2, 0) is 9.59 Å². The number of nitrogens with two attached hydrogens (primary N) is 1.